The summed E-state index contributed by atoms with van der Waals surface area (Å²) >= 11 is 0. The molecule has 0 aromatic rings. The molecule has 0 saturated carbocycles. The van der Waals surface area contributed by atoms with Crippen molar-refractivity contribution in [3.05, 3.63) is 0 Å². The Balaban J connectivity index is 3.03. The molecule has 0 saturated heterocycles. The van der Waals surface area contributed by atoms with Crippen LogP contribution in [0.15, 0.2) is 0 Å². The molecule has 0 radical (unpaired) electrons. The molecule has 0 fully saturated rings. The van der Waals surface area contributed by atoms with Crippen LogP contribution in [-0.4, -0.2) is 11.7 Å². The Morgan fingerprint density at radius 3 is 1.93 bits per heavy atom. The molecule has 88 valence electrons. The van der Waals surface area contributed by atoms with E-state index in [4.69, 9.17) is 5.11 Å². The van der Waals surface area contributed by atoms with Crippen molar-refractivity contribution < 1.29 is 5.11 Å². The van der Waals surface area contributed by atoms with E-state index in [1.54, 1.807) is 0 Å². The first-order valence-corrected chi connectivity index (χ1v) is 6.36. The number of unbranched alkanes of at least 4 members (excludes halogenated alkanes) is 7. The quantitative estimate of drug-likeness (QED) is 0.478. The van der Waals surface area contributed by atoms with Crippen molar-refractivity contribution >= 4 is 0 Å². The van der Waals surface area contributed by atoms with Gasteiger partial charge in [0.05, 0.1) is 0 Å². The number of hydrogen-bond acceptors (Lipinski definition) is 1. The Labute approximate surface area is 95.3 Å². The van der Waals surface area contributed by atoms with Crippen molar-refractivity contribution in [2.45, 2.75) is 65.2 Å². The smallest absolute Gasteiger partial charge is 0.0431 e. The van der Waals surface area contributed by atoms with Gasteiger partial charge in [0.15, 0.2) is 0 Å². The molecule has 0 unspecified atom stereocenters. The molecule has 1 N–H and O–H groups in total. The number of rotatable bonds is 8. The van der Waals surface area contributed by atoms with Gasteiger partial charge >= 0.3 is 0 Å². The lowest BCUT2D eigenvalue weighted by Crippen LogP contribution is -1.84. The van der Waals surface area contributed by atoms with Crippen molar-refractivity contribution in [3.63, 3.8) is 0 Å². The van der Waals surface area contributed by atoms with Crippen LogP contribution in [0, 0.1) is 17.8 Å². The minimum atomic E-state index is 0.352. The fourth-order valence-corrected chi connectivity index (χ4v) is 1.49. The normalized spacial score (nSPS) is 10.1. The van der Waals surface area contributed by atoms with E-state index in [2.05, 4.69) is 25.7 Å². The number of aliphatic hydroxyl groups is 1. The maximum atomic E-state index is 8.60. The summed E-state index contributed by atoms with van der Waals surface area (Å²) in [5.74, 6) is 6.92. The number of hydrogen-bond donors (Lipinski definition) is 1. The monoisotopic (exact) mass is 210 g/mol. The first-order chi connectivity index (χ1) is 7.27. The van der Waals surface area contributed by atoms with Crippen LogP contribution in [0.4, 0.5) is 0 Å². The van der Waals surface area contributed by atoms with Gasteiger partial charge in [0.25, 0.3) is 0 Å². The van der Waals surface area contributed by atoms with Gasteiger partial charge in [-0.2, -0.15) is 0 Å². The lowest BCUT2D eigenvalue weighted by atomic mass is 10.1. The molecular formula is C14H26O. The molecule has 0 aromatic carbocycles. The van der Waals surface area contributed by atoms with E-state index < -0.39 is 0 Å². The van der Waals surface area contributed by atoms with Crippen LogP contribution < -0.4 is 0 Å². The summed E-state index contributed by atoms with van der Waals surface area (Å²) in [7, 11) is 0. The minimum Gasteiger partial charge on any atom is -0.396 e. The van der Waals surface area contributed by atoms with Crippen molar-refractivity contribution in [1.29, 1.82) is 0 Å². The standard InChI is InChI=1S/C14H26O/c1-14(2)12-10-8-6-4-3-5-7-9-11-13-15/h14-15H,3-9,11,13H2,1-2H3. The van der Waals surface area contributed by atoms with Crippen LogP contribution in [0.25, 0.3) is 0 Å². The van der Waals surface area contributed by atoms with E-state index in [9.17, 15) is 0 Å². The molecule has 0 bridgehead atoms. The lowest BCUT2D eigenvalue weighted by Gasteiger charge is -1.99. The summed E-state index contributed by atoms with van der Waals surface area (Å²) in [4.78, 5) is 0. The largest absolute Gasteiger partial charge is 0.396 e. The highest BCUT2D eigenvalue weighted by Gasteiger charge is 1.90. The third-order valence-electron chi connectivity index (χ3n) is 2.35. The van der Waals surface area contributed by atoms with Crippen LogP contribution in [-0.2, 0) is 0 Å². The summed E-state index contributed by atoms with van der Waals surface area (Å²) in [5.41, 5.74) is 0. The highest BCUT2D eigenvalue weighted by molar-refractivity contribution is 5.00. The van der Waals surface area contributed by atoms with Crippen molar-refractivity contribution in [2.24, 2.45) is 5.92 Å². The summed E-state index contributed by atoms with van der Waals surface area (Å²) in [6.45, 7) is 4.62. The molecule has 0 aliphatic carbocycles. The fraction of sp³-hybridized carbons (Fsp3) is 0.857. The van der Waals surface area contributed by atoms with Gasteiger partial charge in [0, 0.05) is 18.9 Å². The van der Waals surface area contributed by atoms with Crippen LogP contribution in [0.5, 0.6) is 0 Å². The second kappa shape index (κ2) is 11.6. The van der Waals surface area contributed by atoms with Gasteiger partial charge in [0.2, 0.25) is 0 Å². The maximum Gasteiger partial charge on any atom is 0.0431 e. The average molecular weight is 210 g/mol. The first-order valence-electron chi connectivity index (χ1n) is 6.36. The fourth-order valence-electron chi connectivity index (χ4n) is 1.49. The zero-order valence-electron chi connectivity index (χ0n) is 10.4. The van der Waals surface area contributed by atoms with Crippen molar-refractivity contribution in [2.75, 3.05) is 6.61 Å². The van der Waals surface area contributed by atoms with Gasteiger partial charge in [-0.3, -0.25) is 0 Å². The second-order valence-corrected chi connectivity index (χ2v) is 4.42. The van der Waals surface area contributed by atoms with Crippen molar-refractivity contribution in [3.8, 4) is 11.8 Å². The minimum absolute atomic E-state index is 0.352. The SMILES string of the molecule is CC(C)C#CCCCCCCCCCO. The van der Waals surface area contributed by atoms with Crippen LogP contribution >= 0.6 is 0 Å². The van der Waals surface area contributed by atoms with Crippen LogP contribution in [0.2, 0.25) is 0 Å². The molecule has 0 heterocycles. The van der Waals surface area contributed by atoms with Crippen LogP contribution in [0.1, 0.15) is 65.2 Å². The van der Waals surface area contributed by atoms with Gasteiger partial charge in [-0.1, -0.05) is 46.0 Å². The van der Waals surface area contributed by atoms with E-state index in [1.807, 2.05) is 0 Å². The highest BCUT2D eigenvalue weighted by Crippen LogP contribution is 2.07. The molecule has 0 amide bonds. The number of aliphatic hydroxyl groups excluding tert-OH is 1. The molecule has 1 nitrogen and oxygen atoms in total. The third kappa shape index (κ3) is 13.5. The van der Waals surface area contributed by atoms with Gasteiger partial charge in [-0.05, 0) is 12.8 Å². The van der Waals surface area contributed by atoms with E-state index in [-0.39, 0.29) is 0 Å². The molecule has 0 aromatic heterocycles. The highest BCUT2D eigenvalue weighted by atomic mass is 16.2. The zero-order chi connectivity index (χ0) is 11.4. The third-order valence-corrected chi connectivity index (χ3v) is 2.35. The molecule has 0 aliphatic rings. The van der Waals surface area contributed by atoms with Crippen LogP contribution in [0.3, 0.4) is 0 Å². The van der Waals surface area contributed by atoms with Gasteiger partial charge < -0.3 is 5.11 Å². The molecule has 0 atom stereocenters. The van der Waals surface area contributed by atoms with E-state index in [1.165, 1.54) is 38.5 Å². The Bertz CT molecular complexity index is 174. The second-order valence-electron chi connectivity index (χ2n) is 4.42. The average Bonchev–Trinajstić information content (AvgIpc) is 2.20. The molecular weight excluding hydrogens is 184 g/mol. The van der Waals surface area contributed by atoms with E-state index in [0.717, 1.165) is 12.8 Å². The van der Waals surface area contributed by atoms with E-state index >= 15 is 0 Å². The predicted octanol–water partition coefficient (Wildman–Crippen LogP) is 3.76. The molecule has 1 heteroatoms. The summed E-state index contributed by atoms with van der Waals surface area (Å²) in [6.07, 6.45) is 9.70. The Morgan fingerprint density at radius 2 is 1.40 bits per heavy atom. The lowest BCUT2D eigenvalue weighted by molar-refractivity contribution is 0.282. The van der Waals surface area contributed by atoms with Gasteiger partial charge in [-0.25, -0.2) is 0 Å². The van der Waals surface area contributed by atoms with Gasteiger partial charge in [0.1, 0.15) is 0 Å². The Hall–Kier alpha value is -0.480. The molecule has 0 spiro atoms. The Kier molecular flexibility index (Phi) is 11.2. The molecule has 0 rings (SSSR count). The maximum absolute atomic E-state index is 8.60. The van der Waals surface area contributed by atoms with Crippen molar-refractivity contribution in [1.82, 2.24) is 0 Å². The predicted molar refractivity (Wildman–Crippen MR) is 66.6 cm³/mol. The van der Waals surface area contributed by atoms with E-state index in [0.29, 0.717) is 12.5 Å². The summed E-state index contributed by atoms with van der Waals surface area (Å²) < 4.78 is 0. The topological polar surface area (TPSA) is 20.2 Å². The summed E-state index contributed by atoms with van der Waals surface area (Å²) in [6, 6.07) is 0. The molecule has 15 heavy (non-hydrogen) atoms. The summed E-state index contributed by atoms with van der Waals surface area (Å²) in [5, 5.41) is 8.60. The molecule has 0 aliphatic heterocycles. The zero-order valence-corrected chi connectivity index (χ0v) is 10.4. The first kappa shape index (κ1) is 14.5. The van der Waals surface area contributed by atoms with Gasteiger partial charge in [-0.15, -0.1) is 11.8 Å². The Morgan fingerprint density at radius 1 is 0.867 bits per heavy atom.